The molecule has 2 amide bonds. The van der Waals surface area contributed by atoms with Gasteiger partial charge in [-0.2, -0.15) is 11.8 Å². The number of carbonyl (C=O) groups excluding carboxylic acids is 2. The number of rotatable bonds is 11. The normalized spacial score (nSPS) is 16.5. The van der Waals surface area contributed by atoms with Crippen LogP contribution in [0.1, 0.15) is 25.0 Å². The molecule has 0 fully saturated rings. The maximum atomic E-state index is 12.6. The van der Waals surface area contributed by atoms with Gasteiger partial charge in [0.1, 0.15) is 12.1 Å². The van der Waals surface area contributed by atoms with Gasteiger partial charge in [0.2, 0.25) is 11.8 Å². The van der Waals surface area contributed by atoms with Gasteiger partial charge in [-0.1, -0.05) is 29.8 Å². The second kappa shape index (κ2) is 12.0. The third-order valence-corrected chi connectivity index (χ3v) is 5.34. The van der Waals surface area contributed by atoms with E-state index in [1.54, 1.807) is 0 Å². The number of hydrogen-bond acceptors (Lipinski definition) is 7. The van der Waals surface area contributed by atoms with E-state index < -0.39 is 48.8 Å². The van der Waals surface area contributed by atoms with Crippen molar-refractivity contribution in [2.24, 2.45) is 5.73 Å². The van der Waals surface area contributed by atoms with E-state index in [1.807, 2.05) is 31.2 Å². The van der Waals surface area contributed by atoms with Crippen molar-refractivity contribution in [2.45, 2.75) is 56.9 Å². The molecule has 0 saturated carbocycles. The molecule has 0 heterocycles. The third kappa shape index (κ3) is 8.15. The Hall–Kier alpha value is -1.65. The summed E-state index contributed by atoms with van der Waals surface area (Å²) < 4.78 is 0. The van der Waals surface area contributed by atoms with Gasteiger partial charge in [0.05, 0.1) is 24.9 Å². The lowest BCUT2D eigenvalue weighted by Gasteiger charge is -2.25. The number of nitrogens with two attached hydrogens (primary N) is 1. The van der Waals surface area contributed by atoms with Crippen molar-refractivity contribution in [3.8, 4) is 0 Å². The van der Waals surface area contributed by atoms with Crippen LogP contribution < -0.4 is 16.4 Å². The van der Waals surface area contributed by atoms with Crippen molar-refractivity contribution in [2.75, 3.05) is 12.4 Å². The van der Waals surface area contributed by atoms with E-state index in [9.17, 15) is 24.9 Å². The minimum atomic E-state index is -1.16. The summed E-state index contributed by atoms with van der Waals surface area (Å²) in [6.45, 7) is 4.40. The van der Waals surface area contributed by atoms with Gasteiger partial charge >= 0.3 is 0 Å². The predicted molar refractivity (Wildman–Crippen MR) is 110 cm³/mol. The van der Waals surface area contributed by atoms with Crippen LogP contribution in [0.5, 0.6) is 0 Å². The van der Waals surface area contributed by atoms with Gasteiger partial charge in [-0.15, -0.1) is 0 Å². The number of aliphatic hydroxyl groups is 3. The van der Waals surface area contributed by atoms with Crippen LogP contribution in [0.2, 0.25) is 0 Å². The minimum absolute atomic E-state index is 0.260. The monoisotopic (exact) mass is 413 g/mol. The Labute approximate surface area is 169 Å². The van der Waals surface area contributed by atoms with Crippen LogP contribution in [0.25, 0.3) is 0 Å². The first-order valence-corrected chi connectivity index (χ1v) is 10.3. The summed E-state index contributed by atoms with van der Waals surface area (Å²) in [7, 11) is 0. The van der Waals surface area contributed by atoms with Crippen LogP contribution >= 0.6 is 11.8 Å². The first kappa shape index (κ1) is 24.4. The molecule has 8 nitrogen and oxygen atoms in total. The first-order valence-electron chi connectivity index (χ1n) is 9.12. The lowest BCUT2D eigenvalue weighted by Crippen LogP contribution is -2.57. The fraction of sp³-hybridized carbons (Fsp3) is 0.579. The van der Waals surface area contributed by atoms with Crippen molar-refractivity contribution in [3.63, 3.8) is 0 Å². The molecule has 0 bridgehead atoms. The van der Waals surface area contributed by atoms with Crippen molar-refractivity contribution in [1.82, 2.24) is 10.6 Å². The van der Waals surface area contributed by atoms with Gasteiger partial charge in [0.15, 0.2) is 0 Å². The molecule has 0 spiro atoms. The Kier molecular flexibility index (Phi) is 10.5. The minimum Gasteiger partial charge on any atom is -0.394 e. The van der Waals surface area contributed by atoms with Crippen molar-refractivity contribution < 1.29 is 24.9 Å². The zero-order valence-electron chi connectivity index (χ0n) is 16.5. The molecule has 0 aliphatic heterocycles. The summed E-state index contributed by atoms with van der Waals surface area (Å²) in [5, 5.41) is 33.5. The molecule has 28 heavy (non-hydrogen) atoms. The number of aryl methyl sites for hydroxylation is 1. The van der Waals surface area contributed by atoms with E-state index in [1.165, 1.54) is 25.6 Å². The van der Waals surface area contributed by atoms with Gasteiger partial charge < -0.3 is 31.7 Å². The Morgan fingerprint density at radius 2 is 1.68 bits per heavy atom. The average molecular weight is 414 g/mol. The quantitative estimate of drug-likeness (QED) is 0.281. The van der Waals surface area contributed by atoms with E-state index in [2.05, 4.69) is 10.6 Å². The van der Waals surface area contributed by atoms with Crippen LogP contribution in [0.4, 0.5) is 0 Å². The molecule has 158 valence electrons. The fourth-order valence-corrected chi connectivity index (χ4v) is 3.27. The maximum Gasteiger partial charge on any atom is 0.243 e. The summed E-state index contributed by atoms with van der Waals surface area (Å²) in [5.41, 5.74) is 7.87. The summed E-state index contributed by atoms with van der Waals surface area (Å²) >= 11 is 1.45. The Morgan fingerprint density at radius 1 is 1.07 bits per heavy atom. The zero-order valence-corrected chi connectivity index (χ0v) is 17.3. The molecule has 0 aromatic heterocycles. The standard InChI is InChI=1S/C19H31N3O5S/c1-11-4-6-14(7-5-11)9-28-10-16(22-19(27)17(20)13(3)25)18(26)21-15(8-23)12(2)24/h4-7,12-13,15-17,23-25H,8-10,20H2,1-3H3,(H,21,26)(H,22,27)/t12-,13-,15-,16+,17+/m1/s1. The zero-order chi connectivity index (χ0) is 21.3. The number of amides is 2. The second-order valence-corrected chi connectivity index (χ2v) is 7.90. The molecule has 9 heteroatoms. The number of benzene rings is 1. The Balaban J connectivity index is 2.76. The van der Waals surface area contributed by atoms with Crippen LogP contribution in [-0.2, 0) is 15.3 Å². The van der Waals surface area contributed by atoms with Crippen molar-refractivity contribution >= 4 is 23.6 Å². The molecule has 0 aliphatic carbocycles. The number of carbonyl (C=O) groups is 2. The summed E-state index contributed by atoms with van der Waals surface area (Å²) in [6, 6.07) is 5.04. The molecule has 0 saturated heterocycles. The highest BCUT2D eigenvalue weighted by molar-refractivity contribution is 7.98. The molecule has 7 N–H and O–H groups in total. The fourth-order valence-electron chi connectivity index (χ4n) is 2.25. The molecule has 0 aliphatic rings. The van der Waals surface area contributed by atoms with Crippen LogP contribution in [0, 0.1) is 6.92 Å². The van der Waals surface area contributed by atoms with Gasteiger partial charge in [0.25, 0.3) is 0 Å². The van der Waals surface area contributed by atoms with Crippen molar-refractivity contribution in [3.05, 3.63) is 35.4 Å². The van der Waals surface area contributed by atoms with Gasteiger partial charge in [-0.25, -0.2) is 0 Å². The molecular weight excluding hydrogens is 382 g/mol. The van der Waals surface area contributed by atoms with E-state index in [0.717, 1.165) is 11.1 Å². The summed E-state index contributed by atoms with van der Waals surface area (Å²) in [4.78, 5) is 24.7. The number of thioether (sulfide) groups is 1. The Bertz CT molecular complexity index is 625. The smallest absolute Gasteiger partial charge is 0.243 e. The molecular formula is C19H31N3O5S. The van der Waals surface area contributed by atoms with Crippen LogP contribution in [0.3, 0.4) is 0 Å². The molecule has 1 rings (SSSR count). The molecule has 1 aromatic rings. The molecule has 1 aromatic carbocycles. The number of aliphatic hydroxyl groups excluding tert-OH is 3. The molecule has 5 atom stereocenters. The van der Waals surface area contributed by atoms with Crippen LogP contribution in [0.15, 0.2) is 24.3 Å². The highest BCUT2D eigenvalue weighted by Gasteiger charge is 2.28. The van der Waals surface area contributed by atoms with Crippen LogP contribution in [-0.4, -0.2) is 69.8 Å². The number of nitrogens with one attached hydrogen (secondary N) is 2. The third-order valence-electron chi connectivity index (χ3n) is 4.24. The number of hydrogen-bond donors (Lipinski definition) is 6. The SMILES string of the molecule is Cc1ccc(CSC[C@H](NC(=O)[C@@H](N)[C@@H](C)O)C(=O)N[C@H](CO)[C@@H](C)O)cc1. The molecule has 0 radical (unpaired) electrons. The summed E-state index contributed by atoms with van der Waals surface area (Å²) in [6.07, 6.45) is -2.02. The molecule has 0 unspecified atom stereocenters. The topological polar surface area (TPSA) is 145 Å². The van der Waals surface area contributed by atoms with Gasteiger partial charge in [-0.3, -0.25) is 9.59 Å². The highest BCUT2D eigenvalue weighted by atomic mass is 32.2. The lowest BCUT2D eigenvalue weighted by molar-refractivity contribution is -0.131. The second-order valence-electron chi connectivity index (χ2n) is 6.87. The largest absolute Gasteiger partial charge is 0.394 e. The highest BCUT2D eigenvalue weighted by Crippen LogP contribution is 2.14. The van der Waals surface area contributed by atoms with E-state index in [4.69, 9.17) is 5.73 Å². The lowest BCUT2D eigenvalue weighted by atomic mass is 10.1. The first-order chi connectivity index (χ1) is 13.1. The van der Waals surface area contributed by atoms with Crippen molar-refractivity contribution in [1.29, 1.82) is 0 Å². The average Bonchev–Trinajstić information content (AvgIpc) is 2.65. The van der Waals surface area contributed by atoms with E-state index in [0.29, 0.717) is 5.75 Å². The predicted octanol–water partition coefficient (Wildman–Crippen LogP) is -0.721. The van der Waals surface area contributed by atoms with Gasteiger partial charge in [-0.05, 0) is 26.3 Å². The maximum absolute atomic E-state index is 12.6. The van der Waals surface area contributed by atoms with Gasteiger partial charge in [0, 0.05) is 11.5 Å². The van der Waals surface area contributed by atoms with E-state index >= 15 is 0 Å². The van der Waals surface area contributed by atoms with E-state index in [-0.39, 0.29) is 5.75 Å². The Morgan fingerprint density at radius 3 is 2.18 bits per heavy atom. The summed E-state index contributed by atoms with van der Waals surface area (Å²) in [5.74, 6) is -0.288.